The van der Waals surface area contributed by atoms with Gasteiger partial charge in [0.05, 0.1) is 11.0 Å². The average Bonchev–Trinajstić information content (AvgIpc) is 3.56. The van der Waals surface area contributed by atoms with Crippen molar-refractivity contribution in [3.63, 3.8) is 0 Å². The van der Waals surface area contributed by atoms with E-state index in [0.29, 0.717) is 0 Å². The molecule has 4 heteroatoms. The highest BCUT2D eigenvalue weighted by molar-refractivity contribution is 7.25. The molecule has 0 aliphatic carbocycles. The summed E-state index contributed by atoms with van der Waals surface area (Å²) in [5, 5.41) is 16.7. The molecule has 0 bridgehead atoms. The van der Waals surface area contributed by atoms with Crippen LogP contribution in [0.25, 0.3) is 58.8 Å². The minimum absolute atomic E-state index is 0.846. The second kappa shape index (κ2) is 9.47. The molecule has 0 fully saturated rings. The third-order valence-corrected chi connectivity index (χ3v) is 9.04. The van der Waals surface area contributed by atoms with Gasteiger partial charge in [0.25, 0.3) is 0 Å². The largest absolute Gasteiger partial charge is 0.355 e. The zero-order chi connectivity index (χ0) is 27.3. The smallest absolute Gasteiger partial charge is 0.0549 e. The molecule has 0 saturated heterocycles. The number of benzene rings is 6. The third-order valence-electron chi connectivity index (χ3n) is 7.89. The van der Waals surface area contributed by atoms with Gasteiger partial charge < -0.3 is 15.3 Å². The molecule has 6 aromatic carbocycles. The number of para-hydroxylation sites is 2. The van der Waals surface area contributed by atoms with E-state index in [0.717, 1.165) is 39.0 Å². The summed E-state index contributed by atoms with van der Waals surface area (Å²) in [5.74, 6) is 0. The number of thiophene rings is 1. The molecule has 3 nitrogen and oxygen atoms in total. The van der Waals surface area contributed by atoms with Crippen molar-refractivity contribution in [1.29, 1.82) is 5.41 Å². The first-order valence-corrected chi connectivity index (χ1v) is 14.5. The number of rotatable bonds is 5. The van der Waals surface area contributed by atoms with Gasteiger partial charge in [0, 0.05) is 59.8 Å². The molecule has 0 atom stereocenters. The molecule has 0 amide bonds. The molecule has 0 unspecified atom stereocenters. The van der Waals surface area contributed by atoms with Crippen molar-refractivity contribution in [3.05, 3.63) is 139 Å². The van der Waals surface area contributed by atoms with Gasteiger partial charge in [0.15, 0.2) is 0 Å². The van der Waals surface area contributed by atoms with Gasteiger partial charge in [0.1, 0.15) is 0 Å². The van der Waals surface area contributed by atoms with Crippen LogP contribution >= 0.6 is 11.3 Å². The van der Waals surface area contributed by atoms with E-state index in [9.17, 15) is 0 Å². The summed E-state index contributed by atoms with van der Waals surface area (Å²) in [5.41, 5.74) is 8.52. The first kappa shape index (κ1) is 23.7. The van der Waals surface area contributed by atoms with Gasteiger partial charge in [-0.05, 0) is 71.8 Å². The number of fused-ring (bicyclic) bond motifs is 6. The molecular weight excluding hydrogens is 518 g/mol. The molecule has 0 spiro atoms. The highest BCUT2D eigenvalue weighted by atomic mass is 32.1. The fourth-order valence-corrected chi connectivity index (χ4v) is 7.01. The highest BCUT2D eigenvalue weighted by Gasteiger charge is 2.15. The summed E-state index contributed by atoms with van der Waals surface area (Å²) in [7, 11) is 0. The lowest BCUT2D eigenvalue weighted by Gasteiger charge is -2.12. The maximum Gasteiger partial charge on any atom is 0.0549 e. The summed E-state index contributed by atoms with van der Waals surface area (Å²) < 4.78 is 4.95. The second-order valence-electron chi connectivity index (χ2n) is 10.3. The number of anilines is 2. The Morgan fingerprint density at radius 3 is 2.10 bits per heavy atom. The first-order valence-electron chi connectivity index (χ1n) is 13.7. The summed E-state index contributed by atoms with van der Waals surface area (Å²) in [4.78, 5) is 0. The van der Waals surface area contributed by atoms with Crippen LogP contribution in [0.15, 0.2) is 133 Å². The van der Waals surface area contributed by atoms with Crippen LogP contribution in [0.1, 0.15) is 5.56 Å². The zero-order valence-corrected chi connectivity index (χ0v) is 23.0. The Balaban J connectivity index is 1.25. The first-order chi connectivity index (χ1) is 20.3. The van der Waals surface area contributed by atoms with Crippen LogP contribution in [-0.4, -0.2) is 10.8 Å². The third kappa shape index (κ3) is 3.92. The second-order valence-corrected chi connectivity index (χ2v) is 11.4. The van der Waals surface area contributed by atoms with Crippen LogP contribution in [0, 0.1) is 5.41 Å². The Kier molecular flexibility index (Phi) is 5.47. The Hall–Kier alpha value is -5.19. The highest BCUT2D eigenvalue weighted by Crippen LogP contribution is 2.38. The van der Waals surface area contributed by atoms with Gasteiger partial charge in [0.2, 0.25) is 0 Å². The predicted octanol–water partition coefficient (Wildman–Crippen LogP) is 10.6. The van der Waals surface area contributed by atoms with Crippen LogP contribution in [0.2, 0.25) is 0 Å². The molecule has 0 aliphatic heterocycles. The van der Waals surface area contributed by atoms with Crippen molar-refractivity contribution in [1.82, 2.24) is 4.57 Å². The molecule has 2 heterocycles. The number of nitrogens with one attached hydrogen (secondary N) is 2. The van der Waals surface area contributed by atoms with Gasteiger partial charge in [-0.15, -0.1) is 11.3 Å². The van der Waals surface area contributed by atoms with Crippen molar-refractivity contribution in [2.75, 3.05) is 5.32 Å². The molecule has 8 aromatic rings. The standard InChI is InChI=1S/C37H25N3S/c38-23-26-21-35-31(22-33(26)39-27-8-2-1-3-9-27)29-10-4-6-12-34(29)40(35)28-17-14-24(15-18-28)25-16-19-37-32(20-25)30-11-5-7-13-36(30)41-37/h1-23,38-39H. The monoisotopic (exact) mass is 543 g/mol. The zero-order valence-electron chi connectivity index (χ0n) is 22.1. The Morgan fingerprint density at radius 1 is 0.561 bits per heavy atom. The Bertz CT molecular complexity index is 2240. The van der Waals surface area contributed by atoms with Gasteiger partial charge in [-0.3, -0.25) is 0 Å². The van der Waals surface area contributed by atoms with Crippen molar-refractivity contribution in [3.8, 4) is 16.8 Å². The summed E-state index contributed by atoms with van der Waals surface area (Å²) in [6.45, 7) is 0. The average molecular weight is 544 g/mol. The maximum atomic E-state index is 8.18. The van der Waals surface area contributed by atoms with Crippen LogP contribution in [0.5, 0.6) is 0 Å². The normalized spacial score (nSPS) is 11.5. The molecule has 41 heavy (non-hydrogen) atoms. The van der Waals surface area contributed by atoms with Crippen molar-refractivity contribution in [2.45, 2.75) is 0 Å². The molecule has 194 valence electrons. The van der Waals surface area contributed by atoms with Crippen LogP contribution in [0.3, 0.4) is 0 Å². The van der Waals surface area contributed by atoms with Gasteiger partial charge >= 0.3 is 0 Å². The van der Waals surface area contributed by atoms with Crippen LogP contribution < -0.4 is 5.32 Å². The van der Waals surface area contributed by atoms with Crippen molar-refractivity contribution >= 4 is 70.9 Å². The van der Waals surface area contributed by atoms with E-state index < -0.39 is 0 Å². The SMILES string of the molecule is N=Cc1cc2c(cc1Nc1ccccc1)c1ccccc1n2-c1ccc(-c2ccc3sc4ccccc4c3c2)cc1. The van der Waals surface area contributed by atoms with E-state index in [1.807, 2.05) is 41.7 Å². The van der Waals surface area contributed by atoms with Gasteiger partial charge in [-0.1, -0.05) is 72.8 Å². The summed E-state index contributed by atoms with van der Waals surface area (Å²) >= 11 is 1.85. The molecule has 2 aromatic heterocycles. The molecule has 0 aliphatic rings. The number of nitrogens with zero attached hydrogens (tertiary/aromatic N) is 1. The molecule has 2 N–H and O–H groups in total. The van der Waals surface area contributed by atoms with Crippen LogP contribution in [0.4, 0.5) is 11.4 Å². The summed E-state index contributed by atoms with van der Waals surface area (Å²) in [6.07, 6.45) is 1.43. The van der Waals surface area contributed by atoms with Crippen LogP contribution in [-0.2, 0) is 0 Å². The molecule has 0 radical (unpaired) electrons. The van der Waals surface area contributed by atoms with E-state index in [1.165, 1.54) is 42.9 Å². The van der Waals surface area contributed by atoms with E-state index in [-0.39, 0.29) is 0 Å². The predicted molar refractivity (Wildman–Crippen MR) is 177 cm³/mol. The van der Waals surface area contributed by atoms with E-state index in [1.54, 1.807) is 0 Å². The van der Waals surface area contributed by atoms with Crippen molar-refractivity contribution in [2.24, 2.45) is 0 Å². The fraction of sp³-hybridized carbons (Fsp3) is 0. The number of hydrogen-bond donors (Lipinski definition) is 2. The Morgan fingerprint density at radius 2 is 1.27 bits per heavy atom. The van der Waals surface area contributed by atoms with E-state index >= 15 is 0 Å². The molecule has 0 saturated carbocycles. The lowest BCUT2D eigenvalue weighted by atomic mass is 10.0. The quantitative estimate of drug-likeness (QED) is 0.208. The Labute approximate surface area is 241 Å². The lowest BCUT2D eigenvalue weighted by molar-refractivity contribution is 1.18. The van der Waals surface area contributed by atoms with E-state index in [2.05, 4.69) is 113 Å². The minimum Gasteiger partial charge on any atom is -0.355 e. The maximum absolute atomic E-state index is 8.18. The van der Waals surface area contributed by atoms with Gasteiger partial charge in [-0.2, -0.15) is 0 Å². The lowest BCUT2D eigenvalue weighted by Crippen LogP contribution is -1.98. The number of hydrogen-bond acceptors (Lipinski definition) is 3. The van der Waals surface area contributed by atoms with Gasteiger partial charge in [-0.25, -0.2) is 0 Å². The minimum atomic E-state index is 0.846. The summed E-state index contributed by atoms with van der Waals surface area (Å²) in [6, 6.07) is 47.2. The van der Waals surface area contributed by atoms with Crippen molar-refractivity contribution < 1.29 is 0 Å². The molecule has 8 rings (SSSR count). The van der Waals surface area contributed by atoms with E-state index in [4.69, 9.17) is 5.41 Å². The topological polar surface area (TPSA) is 40.8 Å². The molecular formula is C37H25N3S. The fourth-order valence-electron chi connectivity index (χ4n) is 5.92. The number of aromatic nitrogens is 1.